The van der Waals surface area contributed by atoms with E-state index in [9.17, 15) is 4.79 Å². The van der Waals surface area contributed by atoms with E-state index >= 15 is 0 Å². The van der Waals surface area contributed by atoms with Crippen LogP contribution in [-0.4, -0.2) is 30.2 Å². The molecule has 1 amide bonds. The van der Waals surface area contributed by atoms with Crippen molar-refractivity contribution in [3.63, 3.8) is 0 Å². The zero-order valence-corrected chi connectivity index (χ0v) is 14.5. The fraction of sp³-hybridized carbons (Fsp3) is 0.421. The second-order valence-electron chi connectivity index (χ2n) is 6.20. The molecule has 1 atom stereocenters. The van der Waals surface area contributed by atoms with Gasteiger partial charge < -0.3 is 9.47 Å². The topological polar surface area (TPSA) is 38.8 Å². The molecule has 23 heavy (non-hydrogen) atoms. The molecule has 126 valence electrons. The van der Waals surface area contributed by atoms with E-state index < -0.39 is 5.60 Å². The lowest BCUT2D eigenvalue weighted by Crippen LogP contribution is -2.39. The van der Waals surface area contributed by atoms with Gasteiger partial charge in [0, 0.05) is 12.1 Å². The van der Waals surface area contributed by atoms with Gasteiger partial charge in [-0.15, -0.1) is 13.2 Å². The molecule has 0 aromatic heterocycles. The average molecular weight is 317 g/mol. The minimum Gasteiger partial charge on any atom is -0.496 e. The number of para-hydroxylation sites is 1. The van der Waals surface area contributed by atoms with Crippen LogP contribution in [0, 0.1) is 0 Å². The molecule has 4 nitrogen and oxygen atoms in total. The Kier molecular flexibility index (Phi) is 6.89. The van der Waals surface area contributed by atoms with Crippen LogP contribution in [0.25, 0.3) is 0 Å². The molecule has 0 N–H and O–H groups in total. The zero-order valence-electron chi connectivity index (χ0n) is 14.5. The van der Waals surface area contributed by atoms with Gasteiger partial charge in [0.15, 0.2) is 0 Å². The summed E-state index contributed by atoms with van der Waals surface area (Å²) in [6.07, 6.45) is 3.69. The molecule has 0 saturated carbocycles. The number of carbonyl (C=O) groups excluding carboxylic acids is 1. The number of benzene rings is 1. The van der Waals surface area contributed by atoms with Gasteiger partial charge in [0.1, 0.15) is 11.4 Å². The van der Waals surface area contributed by atoms with Crippen LogP contribution in [0.5, 0.6) is 5.75 Å². The summed E-state index contributed by atoms with van der Waals surface area (Å²) in [7, 11) is 1.62. The van der Waals surface area contributed by atoms with Crippen molar-refractivity contribution in [3.8, 4) is 5.75 Å². The highest BCUT2D eigenvalue weighted by Crippen LogP contribution is 2.33. The number of carbonyl (C=O) groups is 1. The Hall–Kier alpha value is -2.23. The van der Waals surface area contributed by atoms with Crippen molar-refractivity contribution < 1.29 is 14.3 Å². The Bertz CT molecular complexity index is 546. The Balaban J connectivity index is 3.23. The number of methoxy groups -OCH3 is 1. The zero-order chi connectivity index (χ0) is 17.5. The monoisotopic (exact) mass is 317 g/mol. The minimum absolute atomic E-state index is 0.225. The standard InChI is InChI=1S/C19H27NO3/c1-7-11-16(15-12-9-10-13-17(15)22-6)20(14-8-2)18(21)23-19(3,4)5/h7-10,12-13,16H,1-2,11,14H2,3-6H3/t16-/m0/s1. The molecule has 0 heterocycles. The SMILES string of the molecule is C=CC[C@@H](c1ccccc1OC)N(CC=C)C(=O)OC(C)(C)C. The highest BCUT2D eigenvalue weighted by atomic mass is 16.6. The summed E-state index contributed by atoms with van der Waals surface area (Å²) in [5, 5.41) is 0. The van der Waals surface area contributed by atoms with Crippen LogP contribution in [0.2, 0.25) is 0 Å². The highest BCUT2D eigenvalue weighted by molar-refractivity contribution is 5.69. The van der Waals surface area contributed by atoms with Crippen molar-refractivity contribution in [3.05, 3.63) is 55.1 Å². The third-order valence-electron chi connectivity index (χ3n) is 3.22. The van der Waals surface area contributed by atoms with Crippen molar-refractivity contribution in [1.29, 1.82) is 0 Å². The first-order valence-electron chi connectivity index (χ1n) is 7.68. The van der Waals surface area contributed by atoms with E-state index in [0.717, 1.165) is 11.3 Å². The predicted octanol–water partition coefficient (Wildman–Crippen LogP) is 4.74. The van der Waals surface area contributed by atoms with Crippen LogP contribution in [-0.2, 0) is 4.74 Å². The first kappa shape index (κ1) is 18.8. The summed E-state index contributed by atoms with van der Waals surface area (Å²) in [6.45, 7) is 13.5. The number of amides is 1. The van der Waals surface area contributed by atoms with Crippen LogP contribution in [0.1, 0.15) is 38.8 Å². The lowest BCUT2D eigenvalue weighted by molar-refractivity contribution is 0.0185. The molecular weight excluding hydrogens is 290 g/mol. The van der Waals surface area contributed by atoms with Gasteiger partial charge in [0.2, 0.25) is 0 Å². The average Bonchev–Trinajstić information content (AvgIpc) is 2.49. The minimum atomic E-state index is -0.560. The summed E-state index contributed by atoms with van der Waals surface area (Å²) < 4.78 is 11.0. The molecule has 1 aromatic carbocycles. The van der Waals surface area contributed by atoms with E-state index in [4.69, 9.17) is 9.47 Å². The van der Waals surface area contributed by atoms with E-state index in [1.807, 2.05) is 45.0 Å². The van der Waals surface area contributed by atoms with Crippen molar-refractivity contribution in [1.82, 2.24) is 4.90 Å². The fourth-order valence-electron chi connectivity index (χ4n) is 2.31. The van der Waals surface area contributed by atoms with Crippen LogP contribution < -0.4 is 4.74 Å². The molecular formula is C19H27NO3. The number of rotatable bonds is 7. The molecule has 1 rings (SSSR count). The van der Waals surface area contributed by atoms with Gasteiger partial charge in [0.05, 0.1) is 13.2 Å². The number of hydrogen-bond donors (Lipinski definition) is 0. The van der Waals surface area contributed by atoms with Crippen molar-refractivity contribution >= 4 is 6.09 Å². The number of ether oxygens (including phenoxy) is 2. The van der Waals surface area contributed by atoms with Crippen molar-refractivity contribution in [2.24, 2.45) is 0 Å². The van der Waals surface area contributed by atoms with E-state index in [1.54, 1.807) is 24.2 Å². The summed E-state index contributed by atoms with van der Waals surface area (Å²) in [5.74, 6) is 0.733. The Morgan fingerprint density at radius 1 is 1.26 bits per heavy atom. The predicted molar refractivity (Wildman–Crippen MR) is 93.7 cm³/mol. The van der Waals surface area contributed by atoms with Gasteiger partial charge in [-0.25, -0.2) is 4.79 Å². The molecule has 0 aliphatic carbocycles. The van der Waals surface area contributed by atoms with Crippen LogP contribution in [0.3, 0.4) is 0 Å². The van der Waals surface area contributed by atoms with Gasteiger partial charge in [-0.3, -0.25) is 4.90 Å². The third-order valence-corrected chi connectivity index (χ3v) is 3.22. The summed E-state index contributed by atoms with van der Waals surface area (Å²) in [4.78, 5) is 14.3. The molecule has 1 aromatic rings. The molecule has 0 radical (unpaired) electrons. The maximum atomic E-state index is 12.6. The van der Waals surface area contributed by atoms with E-state index in [1.165, 1.54) is 0 Å². The third kappa shape index (κ3) is 5.47. The normalized spacial score (nSPS) is 12.2. The number of hydrogen-bond acceptors (Lipinski definition) is 3. The molecule has 0 aliphatic heterocycles. The molecule has 0 saturated heterocycles. The second kappa shape index (κ2) is 8.42. The Labute approximate surface area is 139 Å². The van der Waals surface area contributed by atoms with Gasteiger partial charge in [-0.2, -0.15) is 0 Å². The molecule has 0 aliphatic rings. The smallest absolute Gasteiger partial charge is 0.411 e. The van der Waals surface area contributed by atoms with Crippen LogP contribution in [0.15, 0.2) is 49.6 Å². The van der Waals surface area contributed by atoms with Gasteiger partial charge in [0.25, 0.3) is 0 Å². The largest absolute Gasteiger partial charge is 0.496 e. The van der Waals surface area contributed by atoms with Crippen LogP contribution in [0.4, 0.5) is 4.79 Å². The summed E-state index contributed by atoms with van der Waals surface area (Å²) >= 11 is 0. The summed E-state index contributed by atoms with van der Waals surface area (Å²) in [5.41, 5.74) is 0.360. The van der Waals surface area contributed by atoms with Crippen molar-refractivity contribution in [2.75, 3.05) is 13.7 Å². The lowest BCUT2D eigenvalue weighted by atomic mass is 10.0. The van der Waals surface area contributed by atoms with E-state index in [2.05, 4.69) is 13.2 Å². The van der Waals surface area contributed by atoms with Crippen LogP contribution >= 0.6 is 0 Å². The molecule has 0 fully saturated rings. The number of nitrogens with zero attached hydrogens (tertiary/aromatic N) is 1. The quantitative estimate of drug-likeness (QED) is 0.682. The lowest BCUT2D eigenvalue weighted by Gasteiger charge is -2.33. The fourth-order valence-corrected chi connectivity index (χ4v) is 2.31. The summed E-state index contributed by atoms with van der Waals surface area (Å²) in [6, 6.07) is 7.44. The highest BCUT2D eigenvalue weighted by Gasteiger charge is 2.29. The van der Waals surface area contributed by atoms with E-state index in [-0.39, 0.29) is 12.1 Å². The van der Waals surface area contributed by atoms with Gasteiger partial charge >= 0.3 is 6.09 Å². The molecule has 0 unspecified atom stereocenters. The van der Waals surface area contributed by atoms with E-state index in [0.29, 0.717) is 13.0 Å². The van der Waals surface area contributed by atoms with Crippen molar-refractivity contribution in [2.45, 2.75) is 38.8 Å². The molecule has 0 bridgehead atoms. The van der Waals surface area contributed by atoms with Gasteiger partial charge in [-0.05, 0) is 33.3 Å². The maximum absolute atomic E-state index is 12.6. The Morgan fingerprint density at radius 3 is 2.43 bits per heavy atom. The Morgan fingerprint density at radius 2 is 1.91 bits per heavy atom. The maximum Gasteiger partial charge on any atom is 0.411 e. The second-order valence-corrected chi connectivity index (χ2v) is 6.20. The van der Waals surface area contributed by atoms with Gasteiger partial charge in [-0.1, -0.05) is 30.4 Å². The first-order valence-corrected chi connectivity index (χ1v) is 7.68. The molecule has 4 heteroatoms. The molecule has 0 spiro atoms. The first-order chi connectivity index (χ1) is 10.8.